The van der Waals surface area contributed by atoms with Crippen LogP contribution in [0.1, 0.15) is 18.4 Å². The lowest BCUT2D eigenvalue weighted by atomic mass is 10.1. The molecule has 0 aliphatic carbocycles. The number of thioether (sulfide) groups is 1. The average Bonchev–Trinajstić information content (AvgIpc) is 3.48. The van der Waals surface area contributed by atoms with Gasteiger partial charge in [-0.1, -0.05) is 48.2 Å². The van der Waals surface area contributed by atoms with E-state index in [1.165, 1.54) is 17.8 Å². The molecule has 7 heteroatoms. The Morgan fingerprint density at radius 3 is 2.86 bits per heavy atom. The van der Waals surface area contributed by atoms with Crippen molar-refractivity contribution >= 4 is 22.7 Å². The molecule has 148 valence electrons. The predicted molar refractivity (Wildman–Crippen MR) is 112 cm³/mol. The number of halogens is 1. The molecular weight excluding hydrogens is 387 g/mol. The van der Waals surface area contributed by atoms with E-state index in [2.05, 4.69) is 25.8 Å². The Balaban J connectivity index is 1.50. The number of benzene rings is 2. The van der Waals surface area contributed by atoms with E-state index in [0.29, 0.717) is 17.9 Å². The van der Waals surface area contributed by atoms with Gasteiger partial charge in [-0.05, 0) is 30.5 Å². The highest BCUT2D eigenvalue weighted by Crippen LogP contribution is 2.32. The third kappa shape index (κ3) is 3.68. The minimum atomic E-state index is -0.193. The van der Waals surface area contributed by atoms with Crippen molar-refractivity contribution in [2.24, 2.45) is 0 Å². The Bertz CT molecular complexity index is 1130. The highest BCUT2D eigenvalue weighted by Gasteiger charge is 2.23. The van der Waals surface area contributed by atoms with Crippen molar-refractivity contribution in [2.45, 2.75) is 36.4 Å². The summed E-state index contributed by atoms with van der Waals surface area (Å²) >= 11 is 1.50. The summed E-state index contributed by atoms with van der Waals surface area (Å²) in [7, 11) is 0. The number of nitrogens with one attached hydrogen (secondary N) is 1. The van der Waals surface area contributed by atoms with Gasteiger partial charge in [0.25, 0.3) is 0 Å². The second-order valence-corrected chi connectivity index (χ2v) is 8.12. The summed E-state index contributed by atoms with van der Waals surface area (Å²) in [6, 6.07) is 15.0. The summed E-state index contributed by atoms with van der Waals surface area (Å²) in [6.07, 6.45) is 4.24. The molecule has 1 saturated heterocycles. The largest absolute Gasteiger partial charge is 0.376 e. The van der Waals surface area contributed by atoms with Crippen molar-refractivity contribution in [2.75, 3.05) is 6.61 Å². The van der Waals surface area contributed by atoms with Crippen molar-refractivity contribution in [3.63, 3.8) is 0 Å². The van der Waals surface area contributed by atoms with Gasteiger partial charge in [-0.15, -0.1) is 10.2 Å². The van der Waals surface area contributed by atoms with E-state index in [4.69, 9.17) is 4.74 Å². The SMILES string of the molecule is Fc1ccccc1CSc1nnc(-c2c[nH]c3ccccc23)n1CC1CCCO1. The van der Waals surface area contributed by atoms with Gasteiger partial charge in [0, 0.05) is 35.0 Å². The van der Waals surface area contributed by atoms with Crippen molar-refractivity contribution in [1.29, 1.82) is 0 Å². The minimum Gasteiger partial charge on any atom is -0.376 e. The fourth-order valence-electron chi connectivity index (χ4n) is 3.77. The van der Waals surface area contributed by atoms with Crippen LogP contribution in [-0.2, 0) is 17.0 Å². The van der Waals surface area contributed by atoms with Gasteiger partial charge in [0.15, 0.2) is 11.0 Å². The molecule has 2 aromatic carbocycles. The van der Waals surface area contributed by atoms with Gasteiger partial charge in [0.1, 0.15) is 5.82 Å². The fraction of sp³-hybridized carbons (Fsp3) is 0.273. The molecule has 4 aromatic rings. The molecule has 0 radical (unpaired) electrons. The zero-order valence-corrected chi connectivity index (χ0v) is 16.7. The van der Waals surface area contributed by atoms with E-state index >= 15 is 0 Å². The third-order valence-corrected chi connectivity index (χ3v) is 6.29. The zero-order chi connectivity index (χ0) is 19.6. The molecule has 0 amide bonds. The van der Waals surface area contributed by atoms with E-state index in [1.807, 2.05) is 36.5 Å². The van der Waals surface area contributed by atoms with Crippen LogP contribution in [0.4, 0.5) is 4.39 Å². The van der Waals surface area contributed by atoms with Gasteiger partial charge in [-0.2, -0.15) is 0 Å². The highest BCUT2D eigenvalue weighted by molar-refractivity contribution is 7.98. The van der Waals surface area contributed by atoms with Crippen LogP contribution in [-0.4, -0.2) is 32.5 Å². The molecular formula is C22H21FN4OS. The normalized spacial score (nSPS) is 16.7. The second-order valence-electron chi connectivity index (χ2n) is 7.18. The average molecular weight is 409 g/mol. The maximum absolute atomic E-state index is 14.0. The van der Waals surface area contributed by atoms with Gasteiger partial charge >= 0.3 is 0 Å². The molecule has 1 aliphatic rings. The van der Waals surface area contributed by atoms with Crippen LogP contribution in [0.25, 0.3) is 22.3 Å². The first-order valence-corrected chi connectivity index (χ1v) is 10.8. The number of hydrogen-bond donors (Lipinski definition) is 1. The molecule has 0 saturated carbocycles. The Labute approximate surface area is 172 Å². The van der Waals surface area contributed by atoms with E-state index in [1.54, 1.807) is 6.07 Å². The molecule has 1 unspecified atom stereocenters. The van der Waals surface area contributed by atoms with Crippen LogP contribution in [0.5, 0.6) is 0 Å². The Hall–Kier alpha value is -2.64. The molecule has 2 aromatic heterocycles. The lowest BCUT2D eigenvalue weighted by molar-refractivity contribution is 0.0953. The first-order chi connectivity index (χ1) is 14.3. The standard InChI is InChI=1S/C22H21FN4OS/c23-19-9-3-1-6-15(19)14-29-22-26-25-21(27(22)13-16-7-5-11-28-16)18-12-24-20-10-4-2-8-17(18)20/h1-4,6,8-10,12,16,24H,5,7,11,13-14H2. The Morgan fingerprint density at radius 1 is 1.14 bits per heavy atom. The number of fused-ring (bicyclic) bond motifs is 1. The van der Waals surface area contributed by atoms with Crippen LogP contribution in [0.2, 0.25) is 0 Å². The molecule has 1 aliphatic heterocycles. The summed E-state index contributed by atoms with van der Waals surface area (Å²) < 4.78 is 22.0. The molecule has 0 spiro atoms. The topological polar surface area (TPSA) is 55.7 Å². The molecule has 3 heterocycles. The van der Waals surface area contributed by atoms with Crippen LogP contribution >= 0.6 is 11.8 Å². The number of aromatic nitrogens is 4. The monoisotopic (exact) mass is 408 g/mol. The zero-order valence-electron chi connectivity index (χ0n) is 15.8. The van der Waals surface area contributed by atoms with Crippen LogP contribution in [0.3, 0.4) is 0 Å². The van der Waals surface area contributed by atoms with Gasteiger partial charge < -0.3 is 9.72 Å². The first kappa shape index (κ1) is 18.4. The summed E-state index contributed by atoms with van der Waals surface area (Å²) in [5.41, 5.74) is 2.75. The summed E-state index contributed by atoms with van der Waals surface area (Å²) in [4.78, 5) is 3.31. The number of para-hydroxylation sites is 1. The Kier molecular flexibility index (Phi) is 5.08. The van der Waals surface area contributed by atoms with Crippen molar-refractivity contribution in [3.8, 4) is 11.4 Å². The maximum Gasteiger partial charge on any atom is 0.191 e. The van der Waals surface area contributed by atoms with E-state index in [0.717, 1.165) is 46.9 Å². The van der Waals surface area contributed by atoms with Crippen molar-refractivity contribution in [3.05, 3.63) is 66.1 Å². The summed E-state index contributed by atoms with van der Waals surface area (Å²) in [5.74, 6) is 1.13. The van der Waals surface area contributed by atoms with E-state index in [-0.39, 0.29) is 11.9 Å². The van der Waals surface area contributed by atoms with Crippen LogP contribution < -0.4 is 0 Å². The van der Waals surface area contributed by atoms with Crippen LogP contribution in [0, 0.1) is 5.82 Å². The summed E-state index contributed by atoms with van der Waals surface area (Å²) in [5, 5.41) is 10.8. The predicted octanol–water partition coefficient (Wildman–Crippen LogP) is 5.04. The minimum absolute atomic E-state index is 0.155. The number of rotatable bonds is 6. The van der Waals surface area contributed by atoms with E-state index < -0.39 is 0 Å². The van der Waals surface area contributed by atoms with E-state index in [9.17, 15) is 4.39 Å². The molecule has 5 nitrogen and oxygen atoms in total. The maximum atomic E-state index is 14.0. The number of ether oxygens (including phenoxy) is 1. The lowest BCUT2D eigenvalue weighted by Gasteiger charge is -2.14. The molecule has 1 fully saturated rings. The number of H-pyrrole nitrogens is 1. The Morgan fingerprint density at radius 2 is 2.00 bits per heavy atom. The fourth-order valence-corrected chi connectivity index (χ4v) is 4.70. The quantitative estimate of drug-likeness (QED) is 0.454. The van der Waals surface area contributed by atoms with Gasteiger partial charge in [-0.3, -0.25) is 4.57 Å². The molecule has 5 rings (SSSR count). The van der Waals surface area contributed by atoms with Crippen LogP contribution in [0.15, 0.2) is 59.9 Å². The smallest absolute Gasteiger partial charge is 0.191 e. The molecule has 1 N–H and O–H groups in total. The molecule has 0 bridgehead atoms. The second kappa shape index (κ2) is 8.00. The van der Waals surface area contributed by atoms with Gasteiger partial charge in [-0.25, -0.2) is 4.39 Å². The van der Waals surface area contributed by atoms with Crippen molar-refractivity contribution < 1.29 is 9.13 Å². The summed E-state index contributed by atoms with van der Waals surface area (Å²) in [6.45, 7) is 1.49. The first-order valence-electron chi connectivity index (χ1n) is 9.77. The lowest BCUT2D eigenvalue weighted by Crippen LogP contribution is -2.16. The number of aromatic amines is 1. The van der Waals surface area contributed by atoms with Crippen molar-refractivity contribution in [1.82, 2.24) is 19.7 Å². The third-order valence-electron chi connectivity index (χ3n) is 5.27. The molecule has 1 atom stereocenters. The van der Waals surface area contributed by atoms with Gasteiger partial charge in [0.05, 0.1) is 12.6 Å². The number of nitrogens with zero attached hydrogens (tertiary/aromatic N) is 3. The number of hydrogen-bond acceptors (Lipinski definition) is 4. The highest BCUT2D eigenvalue weighted by atomic mass is 32.2. The van der Waals surface area contributed by atoms with Gasteiger partial charge in [0.2, 0.25) is 0 Å². The molecule has 29 heavy (non-hydrogen) atoms.